The molecular formula is C16H30N2O. The van der Waals surface area contributed by atoms with Gasteiger partial charge in [-0.05, 0) is 31.2 Å². The quantitative estimate of drug-likeness (QED) is 0.803. The SMILES string of the molecule is CC(C)C1(C(=O)NCCC2CCCCC2)CCNC1. The van der Waals surface area contributed by atoms with E-state index in [1.54, 1.807) is 0 Å². The molecule has 2 fully saturated rings. The zero-order valence-electron chi connectivity index (χ0n) is 12.6. The van der Waals surface area contributed by atoms with Gasteiger partial charge in [-0.15, -0.1) is 0 Å². The van der Waals surface area contributed by atoms with Crippen molar-refractivity contribution in [1.29, 1.82) is 0 Å². The van der Waals surface area contributed by atoms with Crippen LogP contribution >= 0.6 is 0 Å². The lowest BCUT2D eigenvalue weighted by Crippen LogP contribution is -2.46. The van der Waals surface area contributed by atoms with E-state index in [1.165, 1.54) is 38.5 Å². The normalized spacial score (nSPS) is 28.8. The van der Waals surface area contributed by atoms with Crippen LogP contribution in [0.15, 0.2) is 0 Å². The van der Waals surface area contributed by atoms with Crippen LogP contribution in [-0.2, 0) is 4.79 Å². The summed E-state index contributed by atoms with van der Waals surface area (Å²) in [7, 11) is 0. The minimum Gasteiger partial charge on any atom is -0.356 e. The van der Waals surface area contributed by atoms with E-state index in [0.29, 0.717) is 5.92 Å². The fourth-order valence-corrected chi connectivity index (χ4v) is 3.70. The Hall–Kier alpha value is -0.570. The van der Waals surface area contributed by atoms with Crippen molar-refractivity contribution in [3.05, 3.63) is 0 Å². The maximum atomic E-state index is 12.5. The fourth-order valence-electron chi connectivity index (χ4n) is 3.70. The first kappa shape index (κ1) is 14.8. The summed E-state index contributed by atoms with van der Waals surface area (Å²) in [6, 6.07) is 0. The summed E-state index contributed by atoms with van der Waals surface area (Å²) in [5, 5.41) is 6.57. The highest BCUT2D eigenvalue weighted by Crippen LogP contribution is 2.34. The van der Waals surface area contributed by atoms with E-state index in [9.17, 15) is 4.79 Å². The van der Waals surface area contributed by atoms with Crippen molar-refractivity contribution in [2.75, 3.05) is 19.6 Å². The van der Waals surface area contributed by atoms with Crippen molar-refractivity contribution in [3.63, 3.8) is 0 Å². The average molecular weight is 266 g/mol. The van der Waals surface area contributed by atoms with Gasteiger partial charge in [-0.1, -0.05) is 46.0 Å². The molecule has 1 saturated carbocycles. The maximum Gasteiger partial charge on any atom is 0.227 e. The van der Waals surface area contributed by atoms with Crippen LogP contribution < -0.4 is 10.6 Å². The molecule has 19 heavy (non-hydrogen) atoms. The van der Waals surface area contributed by atoms with Crippen LogP contribution in [0.25, 0.3) is 0 Å². The molecule has 1 heterocycles. The molecule has 2 aliphatic rings. The van der Waals surface area contributed by atoms with Gasteiger partial charge in [0.05, 0.1) is 5.41 Å². The van der Waals surface area contributed by atoms with Crippen molar-refractivity contribution in [1.82, 2.24) is 10.6 Å². The molecule has 1 aliphatic carbocycles. The van der Waals surface area contributed by atoms with Crippen molar-refractivity contribution in [2.24, 2.45) is 17.3 Å². The number of carbonyl (C=O) groups is 1. The Bertz CT molecular complexity index is 289. The molecule has 1 atom stereocenters. The Morgan fingerprint density at radius 1 is 1.32 bits per heavy atom. The second-order valence-corrected chi connectivity index (χ2v) is 6.79. The van der Waals surface area contributed by atoms with Crippen molar-refractivity contribution < 1.29 is 4.79 Å². The third-order valence-electron chi connectivity index (χ3n) is 5.31. The number of hydrogen-bond acceptors (Lipinski definition) is 2. The van der Waals surface area contributed by atoms with E-state index in [1.807, 2.05) is 0 Å². The summed E-state index contributed by atoms with van der Waals surface area (Å²) >= 11 is 0. The van der Waals surface area contributed by atoms with E-state index >= 15 is 0 Å². The molecule has 1 saturated heterocycles. The number of amides is 1. The largest absolute Gasteiger partial charge is 0.356 e. The molecule has 1 aliphatic heterocycles. The third kappa shape index (κ3) is 3.50. The average Bonchev–Trinajstić information content (AvgIpc) is 2.90. The van der Waals surface area contributed by atoms with Gasteiger partial charge in [-0.2, -0.15) is 0 Å². The smallest absolute Gasteiger partial charge is 0.227 e. The number of hydrogen-bond donors (Lipinski definition) is 2. The van der Waals surface area contributed by atoms with Crippen molar-refractivity contribution in [3.8, 4) is 0 Å². The van der Waals surface area contributed by atoms with Gasteiger partial charge in [0, 0.05) is 13.1 Å². The molecule has 110 valence electrons. The fraction of sp³-hybridized carbons (Fsp3) is 0.938. The lowest BCUT2D eigenvalue weighted by molar-refractivity contribution is -0.132. The summed E-state index contributed by atoms with van der Waals surface area (Å²) in [5.41, 5.74) is -0.160. The highest BCUT2D eigenvalue weighted by Gasteiger charge is 2.43. The summed E-state index contributed by atoms with van der Waals surface area (Å²) in [4.78, 5) is 12.5. The second kappa shape index (κ2) is 6.74. The van der Waals surface area contributed by atoms with Gasteiger partial charge in [0.2, 0.25) is 5.91 Å². The Morgan fingerprint density at radius 2 is 2.05 bits per heavy atom. The molecule has 2 rings (SSSR count). The summed E-state index contributed by atoms with van der Waals surface area (Å²) in [5.74, 6) is 1.55. The summed E-state index contributed by atoms with van der Waals surface area (Å²) < 4.78 is 0. The molecule has 1 unspecified atom stereocenters. The van der Waals surface area contributed by atoms with Crippen molar-refractivity contribution in [2.45, 2.75) is 58.8 Å². The number of rotatable bonds is 5. The molecule has 1 amide bonds. The molecule has 0 radical (unpaired) electrons. The maximum absolute atomic E-state index is 12.5. The van der Waals surface area contributed by atoms with E-state index in [2.05, 4.69) is 24.5 Å². The minimum atomic E-state index is -0.160. The molecule has 2 N–H and O–H groups in total. The molecule has 0 aromatic rings. The Kier molecular flexibility index (Phi) is 5.26. The molecule has 3 heteroatoms. The van der Waals surface area contributed by atoms with Crippen molar-refractivity contribution >= 4 is 5.91 Å². The van der Waals surface area contributed by atoms with E-state index in [-0.39, 0.29) is 11.3 Å². The first-order valence-corrected chi connectivity index (χ1v) is 8.14. The monoisotopic (exact) mass is 266 g/mol. The highest BCUT2D eigenvalue weighted by molar-refractivity contribution is 5.83. The van der Waals surface area contributed by atoms with Crippen LogP contribution in [-0.4, -0.2) is 25.5 Å². The van der Waals surface area contributed by atoms with Gasteiger partial charge in [0.1, 0.15) is 0 Å². The predicted molar refractivity (Wildman–Crippen MR) is 79.0 cm³/mol. The van der Waals surface area contributed by atoms with E-state index in [4.69, 9.17) is 0 Å². The molecule has 0 spiro atoms. The predicted octanol–water partition coefficient (Wildman–Crippen LogP) is 2.71. The van der Waals surface area contributed by atoms with Crippen LogP contribution in [0.5, 0.6) is 0 Å². The van der Waals surface area contributed by atoms with Crippen LogP contribution in [0, 0.1) is 17.3 Å². The zero-order valence-corrected chi connectivity index (χ0v) is 12.6. The molecule has 0 bridgehead atoms. The van der Waals surface area contributed by atoms with Gasteiger partial charge >= 0.3 is 0 Å². The summed E-state index contributed by atoms with van der Waals surface area (Å²) in [6.07, 6.45) is 9.08. The topological polar surface area (TPSA) is 41.1 Å². The Labute approximate surface area is 117 Å². The lowest BCUT2D eigenvalue weighted by Gasteiger charge is -2.31. The lowest BCUT2D eigenvalue weighted by atomic mass is 9.75. The second-order valence-electron chi connectivity index (χ2n) is 6.79. The van der Waals surface area contributed by atoms with Crippen LogP contribution in [0.4, 0.5) is 0 Å². The molecule has 0 aromatic carbocycles. The molecule has 0 aromatic heterocycles. The minimum absolute atomic E-state index is 0.160. The van der Waals surface area contributed by atoms with Crippen LogP contribution in [0.2, 0.25) is 0 Å². The van der Waals surface area contributed by atoms with Gasteiger partial charge in [0.15, 0.2) is 0 Å². The van der Waals surface area contributed by atoms with Gasteiger partial charge < -0.3 is 10.6 Å². The van der Waals surface area contributed by atoms with E-state index in [0.717, 1.165) is 32.0 Å². The van der Waals surface area contributed by atoms with Crippen LogP contribution in [0.3, 0.4) is 0 Å². The standard InChI is InChI=1S/C16H30N2O/c1-13(2)16(9-11-17-12-16)15(19)18-10-8-14-6-4-3-5-7-14/h13-14,17H,3-12H2,1-2H3,(H,18,19). The molecular weight excluding hydrogens is 236 g/mol. The first-order valence-electron chi connectivity index (χ1n) is 8.14. The van der Waals surface area contributed by atoms with Crippen LogP contribution in [0.1, 0.15) is 58.8 Å². The number of carbonyl (C=O) groups excluding carboxylic acids is 1. The first-order chi connectivity index (χ1) is 9.15. The highest BCUT2D eigenvalue weighted by atomic mass is 16.2. The van der Waals surface area contributed by atoms with Gasteiger partial charge in [-0.3, -0.25) is 4.79 Å². The molecule has 3 nitrogen and oxygen atoms in total. The third-order valence-corrected chi connectivity index (χ3v) is 5.31. The number of nitrogens with one attached hydrogen (secondary N) is 2. The summed E-state index contributed by atoms with van der Waals surface area (Å²) in [6.45, 7) is 7.05. The van der Waals surface area contributed by atoms with Gasteiger partial charge in [0.25, 0.3) is 0 Å². The Morgan fingerprint density at radius 3 is 2.63 bits per heavy atom. The zero-order chi connectivity index (χ0) is 13.7. The van der Waals surface area contributed by atoms with E-state index < -0.39 is 0 Å². The Balaban J connectivity index is 1.76. The van der Waals surface area contributed by atoms with Gasteiger partial charge in [-0.25, -0.2) is 0 Å².